The van der Waals surface area contributed by atoms with Crippen LogP contribution < -0.4 is 33.2 Å². The maximum atomic E-state index is 15.2. The average Bonchev–Trinajstić information content (AvgIpc) is 3.30. The molecule has 0 amide bonds. The minimum atomic E-state index is -1.07. The van der Waals surface area contributed by atoms with Crippen LogP contribution in [0.4, 0.5) is 14.5 Å². The third kappa shape index (κ3) is 2.44. The first-order valence-electron chi connectivity index (χ1n) is 8.10. The molecule has 2 heterocycles. The van der Waals surface area contributed by atoms with Gasteiger partial charge in [0.1, 0.15) is 16.7 Å². The summed E-state index contributed by atoms with van der Waals surface area (Å²) in [4.78, 5) is 26.2. The quantitative estimate of drug-likeness (QED) is 0.636. The molecule has 5 N–H and O–H groups in total. The number of aromatic nitrogens is 2. The van der Waals surface area contributed by atoms with Crippen LogP contribution in [0, 0.1) is 11.6 Å². The molecule has 2 aliphatic rings. The number of nitrogen functional groups attached to an aromatic ring is 1. The third-order valence-electron chi connectivity index (χ3n) is 4.68. The Morgan fingerprint density at radius 1 is 1.20 bits per heavy atom. The van der Waals surface area contributed by atoms with Crippen LogP contribution in [0.1, 0.15) is 19.3 Å². The molecule has 1 aromatic carbocycles. The summed E-state index contributed by atoms with van der Waals surface area (Å²) in [5.74, 6) is 3.69. The summed E-state index contributed by atoms with van der Waals surface area (Å²) in [5, 5.41) is -0.556. The van der Waals surface area contributed by atoms with Crippen molar-refractivity contribution >= 4 is 16.6 Å². The monoisotopic (exact) mass is 352 g/mol. The average molecular weight is 352 g/mol. The molecule has 0 unspecified atom stereocenters. The van der Waals surface area contributed by atoms with Gasteiger partial charge < -0.3 is 21.9 Å². The molecule has 134 valence electrons. The van der Waals surface area contributed by atoms with Crippen molar-refractivity contribution in [2.75, 3.05) is 29.3 Å². The number of nitrogens with one attached hydrogen (secondary N) is 1. The second-order valence-electron chi connectivity index (χ2n) is 6.61. The summed E-state index contributed by atoms with van der Waals surface area (Å²) in [6, 6.07) is 0.787. The van der Waals surface area contributed by atoms with Gasteiger partial charge in [0.2, 0.25) is 0 Å². The Labute approximate surface area is 140 Å². The molecule has 0 radical (unpaired) electrons. The van der Waals surface area contributed by atoms with Crippen LogP contribution in [-0.4, -0.2) is 34.5 Å². The van der Waals surface area contributed by atoms with Crippen LogP contribution in [0.5, 0.6) is 0 Å². The van der Waals surface area contributed by atoms with Crippen molar-refractivity contribution in [3.8, 4) is 0 Å². The Hall–Kier alpha value is -2.62. The number of benzene rings is 1. The summed E-state index contributed by atoms with van der Waals surface area (Å²) in [6.07, 6.45) is 2.24. The van der Waals surface area contributed by atoms with E-state index in [9.17, 15) is 14.0 Å². The molecule has 0 bridgehead atoms. The predicted octanol–water partition coefficient (Wildman–Crippen LogP) is -0.601. The highest BCUT2D eigenvalue weighted by Gasteiger charge is 2.29. The molecule has 1 saturated heterocycles. The van der Waals surface area contributed by atoms with E-state index in [0.29, 0.717) is 19.5 Å². The van der Waals surface area contributed by atoms with Gasteiger partial charge in [-0.2, -0.15) is 4.68 Å². The zero-order valence-corrected chi connectivity index (χ0v) is 13.3. The topological polar surface area (TPSA) is 111 Å². The lowest BCUT2D eigenvalue weighted by atomic mass is 10.2. The van der Waals surface area contributed by atoms with Crippen molar-refractivity contribution in [1.82, 2.24) is 9.35 Å². The van der Waals surface area contributed by atoms with Crippen molar-refractivity contribution in [3.63, 3.8) is 0 Å². The molecule has 1 aliphatic heterocycles. The summed E-state index contributed by atoms with van der Waals surface area (Å²) < 4.78 is 31.0. The second kappa shape index (κ2) is 5.45. The zero-order chi connectivity index (χ0) is 17.9. The Bertz CT molecular complexity index is 981. The standard InChI is InChI=1S/C15H18F2N6O2/c16-9-5-10(21-4-3-7(18)6-21)12(17)13-11(9)14(24)22(19)15(25)23(13)20-8-1-2-8/h5,7-8,20H,1-4,6,18-19H2/t7-/m0/s1. The van der Waals surface area contributed by atoms with Gasteiger partial charge in [0.25, 0.3) is 5.56 Å². The lowest BCUT2D eigenvalue weighted by Gasteiger charge is -2.21. The maximum Gasteiger partial charge on any atom is 0.368 e. The molecule has 0 spiro atoms. The van der Waals surface area contributed by atoms with Crippen molar-refractivity contribution in [2.45, 2.75) is 31.3 Å². The zero-order valence-electron chi connectivity index (χ0n) is 13.3. The van der Waals surface area contributed by atoms with E-state index in [1.807, 2.05) is 0 Å². The van der Waals surface area contributed by atoms with Gasteiger partial charge in [0.05, 0.1) is 5.69 Å². The number of hydrogen-bond acceptors (Lipinski definition) is 6. The van der Waals surface area contributed by atoms with Gasteiger partial charge in [0.15, 0.2) is 5.82 Å². The van der Waals surface area contributed by atoms with Gasteiger partial charge in [-0.3, -0.25) is 4.79 Å². The fourth-order valence-electron chi connectivity index (χ4n) is 3.17. The number of hydrogen-bond donors (Lipinski definition) is 3. The summed E-state index contributed by atoms with van der Waals surface area (Å²) in [5.41, 5.74) is 6.19. The molecule has 1 aliphatic carbocycles. The van der Waals surface area contributed by atoms with E-state index in [0.717, 1.165) is 23.6 Å². The molecule has 4 rings (SSSR count). The lowest BCUT2D eigenvalue weighted by molar-refractivity contribution is 0.596. The van der Waals surface area contributed by atoms with E-state index in [1.165, 1.54) is 0 Å². The largest absolute Gasteiger partial charge is 0.368 e. The van der Waals surface area contributed by atoms with E-state index in [-0.39, 0.29) is 22.4 Å². The molecule has 10 heteroatoms. The highest BCUT2D eigenvalue weighted by molar-refractivity contribution is 5.84. The Morgan fingerprint density at radius 3 is 2.52 bits per heavy atom. The van der Waals surface area contributed by atoms with Crippen molar-refractivity contribution in [3.05, 3.63) is 38.5 Å². The fourth-order valence-corrected chi connectivity index (χ4v) is 3.17. The van der Waals surface area contributed by atoms with Crippen molar-refractivity contribution in [2.24, 2.45) is 5.73 Å². The number of rotatable bonds is 3. The highest BCUT2D eigenvalue weighted by Crippen LogP contribution is 2.30. The number of nitrogens with zero attached hydrogens (tertiary/aromatic N) is 3. The molecule has 1 aromatic heterocycles. The van der Waals surface area contributed by atoms with Crippen LogP contribution in [0.2, 0.25) is 0 Å². The van der Waals surface area contributed by atoms with E-state index < -0.39 is 33.8 Å². The fraction of sp³-hybridized carbons (Fsp3) is 0.467. The summed E-state index contributed by atoms with van der Waals surface area (Å²) >= 11 is 0. The first kappa shape index (κ1) is 15.9. The number of halogens is 2. The van der Waals surface area contributed by atoms with Gasteiger partial charge in [0, 0.05) is 31.2 Å². The Kier molecular flexibility index (Phi) is 3.46. The van der Waals surface area contributed by atoms with Gasteiger partial charge in [-0.25, -0.2) is 18.3 Å². The van der Waals surface area contributed by atoms with Crippen LogP contribution in [0.3, 0.4) is 0 Å². The minimum Gasteiger partial charge on any atom is -0.367 e. The van der Waals surface area contributed by atoms with E-state index in [1.54, 1.807) is 4.90 Å². The first-order valence-corrected chi connectivity index (χ1v) is 8.10. The second-order valence-corrected chi connectivity index (χ2v) is 6.61. The molecule has 1 atom stereocenters. The smallest absolute Gasteiger partial charge is 0.367 e. The van der Waals surface area contributed by atoms with Crippen LogP contribution in [0.25, 0.3) is 10.9 Å². The van der Waals surface area contributed by atoms with Gasteiger partial charge in [-0.05, 0) is 19.3 Å². The molecular weight excluding hydrogens is 334 g/mol. The predicted molar refractivity (Wildman–Crippen MR) is 89.7 cm³/mol. The molecule has 25 heavy (non-hydrogen) atoms. The van der Waals surface area contributed by atoms with Crippen molar-refractivity contribution in [1.29, 1.82) is 0 Å². The van der Waals surface area contributed by atoms with Crippen LogP contribution in [-0.2, 0) is 0 Å². The molecule has 2 aromatic rings. The Morgan fingerprint density at radius 2 is 1.92 bits per heavy atom. The minimum absolute atomic E-state index is 0.0159. The summed E-state index contributed by atoms with van der Waals surface area (Å²) in [6.45, 7) is 0.841. The van der Waals surface area contributed by atoms with E-state index >= 15 is 4.39 Å². The summed E-state index contributed by atoms with van der Waals surface area (Å²) in [7, 11) is 0. The van der Waals surface area contributed by atoms with Crippen LogP contribution >= 0.6 is 0 Å². The normalized spacial score (nSPS) is 20.4. The maximum absolute atomic E-state index is 15.2. The lowest BCUT2D eigenvalue weighted by Crippen LogP contribution is -2.48. The highest BCUT2D eigenvalue weighted by atomic mass is 19.1. The SMILES string of the molecule is N[C@H]1CCN(c2cc(F)c3c(=O)n(N)c(=O)n(NC4CC4)c3c2F)C1. The number of nitrogens with two attached hydrogens (primary N) is 2. The number of anilines is 1. The first-order chi connectivity index (χ1) is 11.9. The third-order valence-corrected chi connectivity index (χ3v) is 4.68. The Balaban J connectivity index is 2.03. The molecule has 1 saturated carbocycles. The molecule has 2 fully saturated rings. The van der Waals surface area contributed by atoms with Gasteiger partial charge in [-0.1, -0.05) is 0 Å². The number of fused-ring (bicyclic) bond motifs is 1. The van der Waals surface area contributed by atoms with Gasteiger partial charge in [-0.15, -0.1) is 0 Å². The molecule has 8 nitrogen and oxygen atoms in total. The van der Waals surface area contributed by atoms with Crippen molar-refractivity contribution < 1.29 is 8.78 Å². The van der Waals surface area contributed by atoms with Crippen LogP contribution in [0.15, 0.2) is 15.7 Å². The molecular formula is C15H18F2N6O2. The van der Waals surface area contributed by atoms with E-state index in [4.69, 9.17) is 11.6 Å². The van der Waals surface area contributed by atoms with Gasteiger partial charge >= 0.3 is 5.69 Å². The van der Waals surface area contributed by atoms with E-state index in [2.05, 4.69) is 5.43 Å².